The third-order valence-electron chi connectivity index (χ3n) is 2.36. The number of H-pyrrole nitrogens is 1. The molecule has 0 saturated heterocycles. The molecule has 0 fully saturated rings. The SMILES string of the molecule is O=c1[nH]nc2ccc(Sc3ccccc3)cn12. The molecule has 0 amide bonds. The van der Waals surface area contributed by atoms with Gasteiger partial charge in [-0.2, -0.15) is 5.10 Å². The van der Waals surface area contributed by atoms with Crippen molar-refractivity contribution in [3.8, 4) is 0 Å². The summed E-state index contributed by atoms with van der Waals surface area (Å²) in [4.78, 5) is 13.6. The van der Waals surface area contributed by atoms with Gasteiger partial charge in [-0.3, -0.25) is 0 Å². The lowest BCUT2D eigenvalue weighted by Crippen LogP contribution is -2.08. The smallest absolute Gasteiger partial charge is 0.249 e. The summed E-state index contributed by atoms with van der Waals surface area (Å²) in [5, 5.41) is 6.30. The van der Waals surface area contributed by atoms with Gasteiger partial charge in [-0.1, -0.05) is 30.0 Å². The van der Waals surface area contributed by atoms with Crippen LogP contribution in [0.3, 0.4) is 0 Å². The van der Waals surface area contributed by atoms with Crippen LogP contribution in [0.4, 0.5) is 0 Å². The van der Waals surface area contributed by atoms with Crippen LogP contribution in [0.25, 0.3) is 5.65 Å². The maximum atomic E-state index is 11.4. The van der Waals surface area contributed by atoms with Gasteiger partial charge >= 0.3 is 5.69 Å². The summed E-state index contributed by atoms with van der Waals surface area (Å²) >= 11 is 1.61. The predicted molar refractivity (Wildman–Crippen MR) is 66.4 cm³/mol. The van der Waals surface area contributed by atoms with Crippen molar-refractivity contribution in [3.63, 3.8) is 0 Å². The maximum absolute atomic E-state index is 11.4. The fourth-order valence-electron chi connectivity index (χ4n) is 1.57. The van der Waals surface area contributed by atoms with Crippen molar-refractivity contribution in [1.82, 2.24) is 14.6 Å². The highest BCUT2D eigenvalue weighted by molar-refractivity contribution is 7.99. The van der Waals surface area contributed by atoms with Crippen LogP contribution in [0, 0.1) is 0 Å². The highest BCUT2D eigenvalue weighted by Gasteiger charge is 2.02. The first kappa shape index (κ1) is 10.2. The second-order valence-electron chi connectivity index (χ2n) is 3.54. The quantitative estimate of drug-likeness (QED) is 0.750. The normalized spacial score (nSPS) is 10.8. The van der Waals surface area contributed by atoms with Gasteiger partial charge in [0.2, 0.25) is 0 Å². The minimum atomic E-state index is -0.212. The molecule has 17 heavy (non-hydrogen) atoms. The molecule has 1 aromatic carbocycles. The second kappa shape index (κ2) is 4.10. The fourth-order valence-corrected chi connectivity index (χ4v) is 2.43. The predicted octanol–water partition coefficient (Wildman–Crippen LogP) is 2.17. The Balaban J connectivity index is 2.01. The molecule has 0 aliphatic heterocycles. The number of nitrogens with zero attached hydrogens (tertiary/aromatic N) is 2. The molecule has 5 heteroatoms. The van der Waals surface area contributed by atoms with Crippen LogP contribution >= 0.6 is 11.8 Å². The summed E-state index contributed by atoms with van der Waals surface area (Å²) in [5.41, 5.74) is 0.419. The van der Waals surface area contributed by atoms with Crippen molar-refractivity contribution < 1.29 is 0 Å². The molecule has 3 rings (SSSR count). The van der Waals surface area contributed by atoms with E-state index in [4.69, 9.17) is 0 Å². The van der Waals surface area contributed by atoms with Crippen molar-refractivity contribution in [2.24, 2.45) is 0 Å². The Labute approximate surface area is 101 Å². The Morgan fingerprint density at radius 2 is 1.88 bits per heavy atom. The third kappa shape index (κ3) is 1.97. The van der Waals surface area contributed by atoms with Gasteiger partial charge in [0.25, 0.3) is 0 Å². The zero-order valence-electron chi connectivity index (χ0n) is 8.83. The maximum Gasteiger partial charge on any atom is 0.347 e. The lowest BCUT2D eigenvalue weighted by atomic mass is 10.4. The number of aromatic amines is 1. The summed E-state index contributed by atoms with van der Waals surface area (Å²) in [6, 6.07) is 13.8. The highest BCUT2D eigenvalue weighted by Crippen LogP contribution is 2.26. The van der Waals surface area contributed by atoms with Crippen molar-refractivity contribution in [2.75, 3.05) is 0 Å². The minimum Gasteiger partial charge on any atom is -0.249 e. The van der Waals surface area contributed by atoms with Gasteiger partial charge in [0, 0.05) is 16.0 Å². The van der Waals surface area contributed by atoms with E-state index in [1.54, 1.807) is 18.0 Å². The lowest BCUT2D eigenvalue weighted by molar-refractivity contribution is 1.01. The number of hydrogen-bond donors (Lipinski definition) is 1. The average Bonchev–Trinajstić information content (AvgIpc) is 2.73. The van der Waals surface area contributed by atoms with E-state index >= 15 is 0 Å². The molecule has 0 unspecified atom stereocenters. The fraction of sp³-hybridized carbons (Fsp3) is 0. The Hall–Kier alpha value is -2.01. The van der Waals surface area contributed by atoms with Crippen molar-refractivity contribution in [2.45, 2.75) is 9.79 Å². The first-order chi connectivity index (χ1) is 8.33. The lowest BCUT2D eigenvalue weighted by Gasteiger charge is -2.01. The van der Waals surface area contributed by atoms with E-state index in [1.807, 2.05) is 42.5 Å². The molecule has 3 aromatic rings. The topological polar surface area (TPSA) is 50.2 Å². The van der Waals surface area contributed by atoms with Crippen molar-refractivity contribution in [1.29, 1.82) is 0 Å². The van der Waals surface area contributed by atoms with Crippen LogP contribution in [-0.2, 0) is 0 Å². The highest BCUT2D eigenvalue weighted by atomic mass is 32.2. The van der Waals surface area contributed by atoms with Gasteiger partial charge in [-0.05, 0) is 24.3 Å². The molecule has 4 nitrogen and oxygen atoms in total. The first-order valence-electron chi connectivity index (χ1n) is 5.13. The summed E-state index contributed by atoms with van der Waals surface area (Å²) in [6.45, 7) is 0. The number of hydrogen-bond acceptors (Lipinski definition) is 3. The molecule has 2 aromatic heterocycles. The van der Waals surface area contributed by atoms with Crippen LogP contribution in [0.1, 0.15) is 0 Å². The number of aromatic nitrogens is 3. The van der Waals surface area contributed by atoms with Crippen LogP contribution in [0.2, 0.25) is 0 Å². The van der Waals surface area contributed by atoms with Crippen molar-refractivity contribution >= 4 is 17.4 Å². The molecule has 0 atom stereocenters. The molecule has 0 aliphatic rings. The van der Waals surface area contributed by atoms with Gasteiger partial charge in [0.1, 0.15) is 0 Å². The van der Waals surface area contributed by atoms with Gasteiger partial charge in [-0.25, -0.2) is 14.3 Å². The molecule has 84 valence electrons. The Bertz CT molecular complexity index is 702. The molecule has 2 heterocycles. The van der Waals surface area contributed by atoms with Gasteiger partial charge in [0.15, 0.2) is 5.65 Å². The van der Waals surface area contributed by atoms with Crippen LogP contribution in [0.15, 0.2) is 63.2 Å². The second-order valence-corrected chi connectivity index (χ2v) is 4.68. The van der Waals surface area contributed by atoms with E-state index in [2.05, 4.69) is 10.2 Å². The van der Waals surface area contributed by atoms with Gasteiger partial charge in [0.05, 0.1) is 0 Å². The molecule has 0 aliphatic carbocycles. The summed E-state index contributed by atoms with van der Waals surface area (Å²) in [5.74, 6) is 0. The molecule has 0 saturated carbocycles. The number of fused-ring (bicyclic) bond motifs is 1. The zero-order valence-corrected chi connectivity index (χ0v) is 9.65. The van der Waals surface area contributed by atoms with E-state index < -0.39 is 0 Å². The van der Waals surface area contributed by atoms with Crippen LogP contribution in [0.5, 0.6) is 0 Å². The minimum absolute atomic E-state index is 0.212. The van der Waals surface area contributed by atoms with E-state index in [1.165, 1.54) is 4.40 Å². The number of rotatable bonds is 2. The Kier molecular flexibility index (Phi) is 2.45. The summed E-state index contributed by atoms with van der Waals surface area (Å²) in [7, 11) is 0. The Morgan fingerprint density at radius 1 is 1.06 bits per heavy atom. The number of benzene rings is 1. The Morgan fingerprint density at radius 3 is 2.71 bits per heavy atom. The summed E-state index contributed by atoms with van der Waals surface area (Å²) in [6.07, 6.45) is 1.79. The average molecular weight is 243 g/mol. The molecule has 0 radical (unpaired) electrons. The monoisotopic (exact) mass is 243 g/mol. The van der Waals surface area contributed by atoms with E-state index in [-0.39, 0.29) is 5.69 Å². The van der Waals surface area contributed by atoms with E-state index in [9.17, 15) is 4.79 Å². The first-order valence-corrected chi connectivity index (χ1v) is 5.94. The number of pyridine rings is 1. The largest absolute Gasteiger partial charge is 0.347 e. The van der Waals surface area contributed by atoms with E-state index in [0.717, 1.165) is 9.79 Å². The van der Waals surface area contributed by atoms with Gasteiger partial charge < -0.3 is 0 Å². The molecule has 0 bridgehead atoms. The van der Waals surface area contributed by atoms with Crippen LogP contribution in [-0.4, -0.2) is 14.6 Å². The summed E-state index contributed by atoms with van der Waals surface area (Å²) < 4.78 is 1.51. The van der Waals surface area contributed by atoms with Crippen LogP contribution < -0.4 is 5.69 Å². The number of nitrogens with one attached hydrogen (secondary N) is 1. The third-order valence-corrected chi connectivity index (χ3v) is 3.35. The molecular weight excluding hydrogens is 234 g/mol. The van der Waals surface area contributed by atoms with Gasteiger partial charge in [-0.15, -0.1) is 0 Å². The van der Waals surface area contributed by atoms with Crippen molar-refractivity contribution in [3.05, 3.63) is 59.1 Å². The molecule has 1 N–H and O–H groups in total. The van der Waals surface area contributed by atoms with E-state index in [0.29, 0.717) is 5.65 Å². The zero-order chi connectivity index (χ0) is 11.7. The molecular formula is C12H9N3OS. The molecule has 0 spiro atoms. The standard InChI is InChI=1S/C12H9N3OS/c16-12-14-13-11-7-6-10(8-15(11)12)17-9-4-2-1-3-5-9/h1-8H,(H,14,16).